The molecule has 0 bridgehead atoms. The molecule has 0 aliphatic rings. The highest BCUT2D eigenvalue weighted by atomic mass is 31.2. The molecule has 0 aromatic rings. The Balaban J connectivity index is 3.13. The van der Waals surface area contributed by atoms with Crippen molar-refractivity contribution >= 4 is 7.82 Å². The van der Waals surface area contributed by atoms with E-state index >= 15 is 0 Å². The zero-order valence-corrected chi connectivity index (χ0v) is 18.8. The van der Waals surface area contributed by atoms with Crippen molar-refractivity contribution in [2.75, 3.05) is 46.2 Å². The van der Waals surface area contributed by atoms with Gasteiger partial charge in [0.15, 0.2) is 0 Å². The van der Waals surface area contributed by atoms with E-state index in [2.05, 4.69) is 11.4 Å². The van der Waals surface area contributed by atoms with Crippen molar-refractivity contribution in [2.24, 2.45) is 5.73 Å². The Hall–Kier alpha value is -0.0100. The van der Waals surface area contributed by atoms with Crippen LogP contribution in [0.3, 0.4) is 0 Å². The molecular weight excluding hydrogens is 381 g/mol. The second-order valence-electron chi connectivity index (χ2n) is 7.04. The number of hydrogen-bond donors (Lipinski definition) is 2. The van der Waals surface area contributed by atoms with E-state index < -0.39 is 7.82 Å². The normalized spacial score (nSPS) is 13.7. The first-order valence-electron chi connectivity index (χ1n) is 11.1. The molecule has 1 atom stereocenters. The van der Waals surface area contributed by atoms with Gasteiger partial charge in [-0.05, 0) is 6.42 Å². The number of ether oxygens (including phenoxy) is 2. The van der Waals surface area contributed by atoms with Crippen molar-refractivity contribution in [1.82, 2.24) is 0 Å². The first kappa shape index (κ1) is 28.0. The first-order chi connectivity index (χ1) is 13.6. The summed E-state index contributed by atoms with van der Waals surface area (Å²) in [6.45, 7) is 4.37. The van der Waals surface area contributed by atoms with E-state index in [0.717, 1.165) is 13.0 Å². The van der Waals surface area contributed by atoms with Crippen molar-refractivity contribution in [2.45, 2.75) is 84.0 Å². The zero-order chi connectivity index (χ0) is 20.8. The lowest BCUT2D eigenvalue weighted by molar-refractivity contribution is 0.0292. The largest absolute Gasteiger partial charge is 0.472 e. The SMILES string of the molecule is CCCCCCCCCCCCCCOCCOCCOP(=O)(O)OCCN. The summed E-state index contributed by atoms with van der Waals surface area (Å²) in [5.74, 6) is 0. The van der Waals surface area contributed by atoms with Crippen molar-refractivity contribution in [3.63, 3.8) is 0 Å². The van der Waals surface area contributed by atoms with E-state index in [9.17, 15) is 9.46 Å². The molecule has 170 valence electrons. The standard InChI is InChI=1S/C20H44NO6P/c1-2-3-4-5-6-7-8-9-10-11-12-13-15-24-17-18-25-19-20-27-28(22,23)26-16-14-21/h2-21H2,1H3,(H,22,23). The van der Waals surface area contributed by atoms with Crippen molar-refractivity contribution in [1.29, 1.82) is 0 Å². The summed E-state index contributed by atoms with van der Waals surface area (Å²) in [7, 11) is -3.99. The number of rotatable bonds is 23. The predicted octanol–water partition coefficient (Wildman–Crippen LogP) is 4.81. The summed E-state index contributed by atoms with van der Waals surface area (Å²) in [6, 6.07) is 0. The lowest BCUT2D eigenvalue weighted by Gasteiger charge is -2.11. The smallest absolute Gasteiger partial charge is 0.379 e. The monoisotopic (exact) mass is 425 g/mol. The number of nitrogens with two attached hydrogens (primary N) is 1. The van der Waals surface area contributed by atoms with Crippen LogP contribution in [-0.2, 0) is 23.1 Å². The third-order valence-electron chi connectivity index (χ3n) is 4.37. The third kappa shape index (κ3) is 22.3. The van der Waals surface area contributed by atoms with Crippen molar-refractivity contribution in [3.05, 3.63) is 0 Å². The van der Waals surface area contributed by atoms with E-state index in [1.807, 2.05) is 0 Å². The Morgan fingerprint density at radius 3 is 1.61 bits per heavy atom. The second-order valence-corrected chi connectivity index (χ2v) is 8.49. The first-order valence-corrected chi connectivity index (χ1v) is 12.6. The molecule has 8 heteroatoms. The fourth-order valence-electron chi connectivity index (χ4n) is 2.78. The summed E-state index contributed by atoms with van der Waals surface area (Å²) in [5.41, 5.74) is 5.19. The molecule has 0 spiro atoms. The predicted molar refractivity (Wildman–Crippen MR) is 113 cm³/mol. The molecule has 0 aliphatic carbocycles. The molecule has 0 fully saturated rings. The van der Waals surface area contributed by atoms with Gasteiger partial charge in [0.05, 0.1) is 33.0 Å². The van der Waals surface area contributed by atoms with Gasteiger partial charge in [0.2, 0.25) is 0 Å². The fourth-order valence-corrected chi connectivity index (χ4v) is 3.50. The van der Waals surface area contributed by atoms with Crippen LogP contribution in [0.4, 0.5) is 0 Å². The maximum atomic E-state index is 11.3. The number of unbranched alkanes of at least 4 members (excludes halogenated alkanes) is 11. The van der Waals surface area contributed by atoms with Gasteiger partial charge < -0.3 is 20.1 Å². The summed E-state index contributed by atoms with van der Waals surface area (Å²) in [5, 5.41) is 0. The lowest BCUT2D eigenvalue weighted by Crippen LogP contribution is -2.11. The lowest BCUT2D eigenvalue weighted by atomic mass is 10.1. The quantitative estimate of drug-likeness (QED) is 0.179. The van der Waals surface area contributed by atoms with Gasteiger partial charge in [-0.15, -0.1) is 0 Å². The summed E-state index contributed by atoms with van der Waals surface area (Å²) in [4.78, 5) is 9.26. The molecule has 0 amide bonds. The highest BCUT2D eigenvalue weighted by Gasteiger charge is 2.19. The molecular formula is C20H44NO6P. The van der Waals surface area contributed by atoms with Gasteiger partial charge in [0.25, 0.3) is 0 Å². The van der Waals surface area contributed by atoms with Gasteiger partial charge in [-0.3, -0.25) is 9.05 Å². The van der Waals surface area contributed by atoms with Crippen LogP contribution < -0.4 is 5.73 Å². The van der Waals surface area contributed by atoms with Crippen molar-refractivity contribution in [3.8, 4) is 0 Å². The Morgan fingerprint density at radius 1 is 0.643 bits per heavy atom. The van der Waals surface area contributed by atoms with Crippen LogP contribution in [0.15, 0.2) is 0 Å². The van der Waals surface area contributed by atoms with Crippen LogP contribution in [0.2, 0.25) is 0 Å². The Kier molecular flexibility index (Phi) is 21.7. The molecule has 0 aliphatic heterocycles. The van der Waals surface area contributed by atoms with Crippen molar-refractivity contribution < 1.29 is 28.0 Å². The van der Waals surface area contributed by atoms with Crippen LogP contribution in [-0.4, -0.2) is 51.1 Å². The van der Waals surface area contributed by atoms with Gasteiger partial charge in [0.1, 0.15) is 0 Å². The average Bonchev–Trinajstić information content (AvgIpc) is 2.68. The summed E-state index contributed by atoms with van der Waals surface area (Å²) in [6.07, 6.45) is 16.0. The number of hydrogen-bond acceptors (Lipinski definition) is 6. The van der Waals surface area contributed by atoms with Crippen LogP contribution in [0.1, 0.15) is 84.0 Å². The van der Waals surface area contributed by atoms with Gasteiger partial charge in [-0.1, -0.05) is 77.6 Å². The molecule has 0 saturated heterocycles. The molecule has 0 saturated carbocycles. The maximum absolute atomic E-state index is 11.3. The van der Waals surface area contributed by atoms with Crippen LogP contribution in [0, 0.1) is 0 Å². The van der Waals surface area contributed by atoms with Crippen LogP contribution in [0.25, 0.3) is 0 Å². The average molecular weight is 426 g/mol. The topological polar surface area (TPSA) is 100 Å². The van der Waals surface area contributed by atoms with Gasteiger partial charge >= 0.3 is 7.82 Å². The minimum absolute atomic E-state index is 0.00289. The van der Waals surface area contributed by atoms with E-state index in [1.165, 1.54) is 70.6 Å². The van der Waals surface area contributed by atoms with E-state index in [0.29, 0.717) is 13.2 Å². The second kappa shape index (κ2) is 21.7. The highest BCUT2D eigenvalue weighted by molar-refractivity contribution is 7.47. The van der Waals surface area contributed by atoms with E-state index in [-0.39, 0.29) is 26.4 Å². The maximum Gasteiger partial charge on any atom is 0.472 e. The molecule has 1 unspecified atom stereocenters. The molecule has 7 nitrogen and oxygen atoms in total. The minimum Gasteiger partial charge on any atom is -0.379 e. The Labute approximate surface area is 172 Å². The number of phosphoric acid groups is 1. The molecule has 0 aromatic carbocycles. The van der Waals surface area contributed by atoms with Crippen LogP contribution >= 0.6 is 7.82 Å². The zero-order valence-electron chi connectivity index (χ0n) is 17.9. The van der Waals surface area contributed by atoms with Crippen LogP contribution in [0.5, 0.6) is 0 Å². The minimum atomic E-state index is -3.99. The fraction of sp³-hybridized carbons (Fsp3) is 1.00. The molecule has 3 N–H and O–H groups in total. The molecule has 0 rings (SSSR count). The van der Waals surface area contributed by atoms with E-state index in [1.54, 1.807) is 0 Å². The Morgan fingerprint density at radius 2 is 1.07 bits per heavy atom. The van der Waals surface area contributed by atoms with Gasteiger partial charge in [-0.25, -0.2) is 4.57 Å². The summed E-state index contributed by atoms with van der Waals surface area (Å²) >= 11 is 0. The Bertz CT molecular complexity index is 360. The third-order valence-corrected chi connectivity index (χ3v) is 5.39. The van der Waals surface area contributed by atoms with Gasteiger partial charge in [0, 0.05) is 13.2 Å². The molecule has 28 heavy (non-hydrogen) atoms. The van der Waals surface area contributed by atoms with Gasteiger partial charge in [-0.2, -0.15) is 0 Å². The molecule has 0 radical (unpaired) electrons. The molecule has 0 aromatic heterocycles. The van der Waals surface area contributed by atoms with E-state index in [4.69, 9.17) is 19.7 Å². The summed E-state index contributed by atoms with van der Waals surface area (Å²) < 4.78 is 31.5. The molecule has 0 heterocycles. The number of phosphoric ester groups is 1. The highest BCUT2D eigenvalue weighted by Crippen LogP contribution is 2.42.